The van der Waals surface area contributed by atoms with Crippen molar-refractivity contribution in [3.63, 3.8) is 0 Å². The van der Waals surface area contributed by atoms with Gasteiger partial charge >= 0.3 is 6.36 Å². The molecular weight excluding hydrogens is 289 g/mol. The topological polar surface area (TPSA) is 67.9 Å². The van der Waals surface area contributed by atoms with Gasteiger partial charge in [-0.15, -0.1) is 13.2 Å². The van der Waals surface area contributed by atoms with E-state index in [1.807, 2.05) is 0 Å². The van der Waals surface area contributed by atoms with E-state index in [2.05, 4.69) is 15.0 Å². The van der Waals surface area contributed by atoms with E-state index >= 15 is 0 Å². The molecule has 0 atom stereocenters. The van der Waals surface area contributed by atoms with Gasteiger partial charge in [-0.1, -0.05) is 10.3 Å². The number of hydrogen-bond donors (Lipinski definition) is 1. The first-order chi connectivity index (χ1) is 9.81. The van der Waals surface area contributed by atoms with Gasteiger partial charge in [0.1, 0.15) is 17.2 Å². The summed E-state index contributed by atoms with van der Waals surface area (Å²) >= 11 is 0. The van der Waals surface area contributed by atoms with Gasteiger partial charge in [-0.2, -0.15) is 0 Å². The second kappa shape index (κ2) is 5.47. The van der Waals surface area contributed by atoms with Gasteiger partial charge in [0.25, 0.3) is 0 Å². The van der Waals surface area contributed by atoms with Gasteiger partial charge in [-0.05, 0) is 38.1 Å². The number of nitrogens with zero attached hydrogens (tertiary/aromatic N) is 2. The third-order valence-corrected chi connectivity index (χ3v) is 2.73. The first kappa shape index (κ1) is 14.9. The second-order valence-electron chi connectivity index (χ2n) is 4.22. The summed E-state index contributed by atoms with van der Waals surface area (Å²) in [7, 11) is 0. The minimum absolute atomic E-state index is 0.157. The van der Waals surface area contributed by atoms with E-state index in [1.165, 1.54) is 12.1 Å². The van der Waals surface area contributed by atoms with Crippen molar-refractivity contribution in [3.05, 3.63) is 46.8 Å². The van der Waals surface area contributed by atoms with Gasteiger partial charge in [0.15, 0.2) is 0 Å². The number of hydrogen-bond acceptors (Lipinski definition) is 5. The molecule has 0 aliphatic rings. The summed E-state index contributed by atoms with van der Waals surface area (Å²) in [4.78, 5) is 0. The number of alkyl halides is 3. The van der Waals surface area contributed by atoms with Crippen LogP contribution in [0.15, 0.2) is 33.9 Å². The quantitative estimate of drug-likeness (QED) is 0.536. The van der Waals surface area contributed by atoms with Crippen molar-refractivity contribution in [2.45, 2.75) is 20.2 Å². The van der Waals surface area contributed by atoms with E-state index in [-0.39, 0.29) is 11.5 Å². The van der Waals surface area contributed by atoms with E-state index in [4.69, 9.17) is 9.73 Å². The molecular formula is C13H11F3N2O3. The number of rotatable bonds is 3. The molecule has 0 bridgehead atoms. The lowest BCUT2D eigenvalue weighted by atomic mass is 10.0. The molecule has 8 heteroatoms. The second-order valence-corrected chi connectivity index (χ2v) is 4.22. The van der Waals surface area contributed by atoms with Crippen LogP contribution in [-0.4, -0.2) is 22.4 Å². The van der Waals surface area contributed by atoms with Crippen molar-refractivity contribution in [1.29, 1.82) is 0 Å². The standard InChI is InChI=1S/C13H11F3N2O3/c1-7-11(8(2)21-18-7)12(17-19)9-3-5-10(6-4-9)20-13(14,15)16/h3-6,19H,1-2H3. The van der Waals surface area contributed by atoms with Crippen molar-refractivity contribution < 1.29 is 27.6 Å². The molecule has 0 saturated carbocycles. The van der Waals surface area contributed by atoms with Gasteiger partial charge in [0.05, 0.1) is 11.3 Å². The Hall–Kier alpha value is -2.51. The summed E-state index contributed by atoms with van der Waals surface area (Å²) in [6.07, 6.45) is -4.75. The summed E-state index contributed by atoms with van der Waals surface area (Å²) in [6, 6.07) is 4.96. The van der Waals surface area contributed by atoms with Crippen LogP contribution in [0.5, 0.6) is 5.75 Å². The highest BCUT2D eigenvalue weighted by molar-refractivity contribution is 6.13. The largest absolute Gasteiger partial charge is 0.573 e. The average Bonchev–Trinajstić information content (AvgIpc) is 2.72. The number of aryl methyl sites for hydroxylation is 2. The molecule has 0 aliphatic carbocycles. The predicted molar refractivity (Wildman–Crippen MR) is 66.5 cm³/mol. The highest BCUT2D eigenvalue weighted by atomic mass is 19.4. The van der Waals surface area contributed by atoms with Crippen LogP contribution in [0.4, 0.5) is 13.2 Å². The van der Waals surface area contributed by atoms with Crippen LogP contribution in [0.3, 0.4) is 0 Å². The summed E-state index contributed by atoms with van der Waals surface area (Å²) in [5, 5.41) is 16.1. The zero-order valence-corrected chi connectivity index (χ0v) is 11.1. The molecule has 112 valence electrons. The molecule has 0 fully saturated rings. The third-order valence-electron chi connectivity index (χ3n) is 2.73. The Labute approximate surface area is 117 Å². The van der Waals surface area contributed by atoms with E-state index in [9.17, 15) is 13.2 Å². The van der Waals surface area contributed by atoms with E-state index in [1.54, 1.807) is 13.8 Å². The summed E-state index contributed by atoms with van der Waals surface area (Å²) < 4.78 is 45.0. The zero-order valence-electron chi connectivity index (χ0n) is 11.1. The molecule has 2 rings (SSSR count). The normalized spacial score (nSPS) is 12.5. The number of halogens is 3. The molecule has 1 aromatic carbocycles. The maximum Gasteiger partial charge on any atom is 0.573 e. The lowest BCUT2D eigenvalue weighted by molar-refractivity contribution is -0.274. The van der Waals surface area contributed by atoms with Gasteiger partial charge in [0.2, 0.25) is 0 Å². The van der Waals surface area contributed by atoms with Gasteiger partial charge in [-0.3, -0.25) is 0 Å². The highest BCUT2D eigenvalue weighted by Crippen LogP contribution is 2.24. The van der Waals surface area contributed by atoms with Crippen LogP contribution in [-0.2, 0) is 0 Å². The van der Waals surface area contributed by atoms with Crippen molar-refractivity contribution >= 4 is 5.71 Å². The fourth-order valence-corrected chi connectivity index (χ4v) is 1.89. The van der Waals surface area contributed by atoms with Crippen LogP contribution in [0.2, 0.25) is 0 Å². The highest BCUT2D eigenvalue weighted by Gasteiger charge is 2.31. The third kappa shape index (κ3) is 3.33. The minimum atomic E-state index is -4.75. The van der Waals surface area contributed by atoms with Crippen LogP contribution in [0.1, 0.15) is 22.6 Å². The average molecular weight is 300 g/mol. The molecule has 1 N–H and O–H groups in total. The first-order valence-electron chi connectivity index (χ1n) is 5.83. The Morgan fingerprint density at radius 2 is 1.86 bits per heavy atom. The Balaban J connectivity index is 2.33. The fraction of sp³-hybridized carbons (Fsp3) is 0.231. The van der Waals surface area contributed by atoms with E-state index < -0.39 is 6.36 Å². The summed E-state index contributed by atoms with van der Waals surface area (Å²) in [6.45, 7) is 3.31. The van der Waals surface area contributed by atoms with Crippen LogP contribution >= 0.6 is 0 Å². The Kier molecular flexibility index (Phi) is 3.88. The molecule has 0 spiro atoms. The molecule has 0 amide bonds. The number of oxime groups is 1. The molecule has 2 aromatic rings. The fourth-order valence-electron chi connectivity index (χ4n) is 1.89. The van der Waals surface area contributed by atoms with Crippen LogP contribution in [0.25, 0.3) is 0 Å². The first-order valence-corrected chi connectivity index (χ1v) is 5.83. The lowest BCUT2D eigenvalue weighted by Gasteiger charge is -2.09. The summed E-state index contributed by atoms with van der Waals surface area (Å²) in [5.41, 5.74) is 1.56. The minimum Gasteiger partial charge on any atom is -0.410 e. The molecule has 5 nitrogen and oxygen atoms in total. The molecule has 0 unspecified atom stereocenters. The lowest BCUT2D eigenvalue weighted by Crippen LogP contribution is -2.17. The van der Waals surface area contributed by atoms with Crippen LogP contribution in [0, 0.1) is 13.8 Å². The van der Waals surface area contributed by atoms with Crippen molar-refractivity contribution in [1.82, 2.24) is 5.16 Å². The molecule has 1 heterocycles. The Bertz CT molecular complexity index is 641. The van der Waals surface area contributed by atoms with Gasteiger partial charge in [-0.25, -0.2) is 0 Å². The van der Waals surface area contributed by atoms with Crippen molar-refractivity contribution in [3.8, 4) is 5.75 Å². The number of ether oxygens (including phenoxy) is 1. The molecule has 0 aliphatic heterocycles. The molecule has 21 heavy (non-hydrogen) atoms. The number of aromatic nitrogens is 1. The summed E-state index contributed by atoms with van der Waals surface area (Å²) in [5.74, 6) is 0.0817. The molecule has 0 saturated heterocycles. The van der Waals surface area contributed by atoms with E-state index in [0.29, 0.717) is 22.6 Å². The zero-order chi connectivity index (χ0) is 15.6. The van der Waals surface area contributed by atoms with Crippen LogP contribution < -0.4 is 4.74 Å². The monoisotopic (exact) mass is 300 g/mol. The van der Waals surface area contributed by atoms with E-state index in [0.717, 1.165) is 12.1 Å². The maximum absolute atomic E-state index is 12.1. The molecule has 1 aromatic heterocycles. The predicted octanol–water partition coefficient (Wildman–Crippen LogP) is 3.42. The number of benzene rings is 1. The molecule has 0 radical (unpaired) electrons. The van der Waals surface area contributed by atoms with Crippen molar-refractivity contribution in [2.75, 3.05) is 0 Å². The Morgan fingerprint density at radius 3 is 2.29 bits per heavy atom. The smallest absolute Gasteiger partial charge is 0.410 e. The van der Waals surface area contributed by atoms with Gasteiger partial charge in [0, 0.05) is 5.56 Å². The van der Waals surface area contributed by atoms with Crippen molar-refractivity contribution in [2.24, 2.45) is 5.16 Å². The maximum atomic E-state index is 12.1. The Morgan fingerprint density at radius 1 is 1.24 bits per heavy atom. The van der Waals surface area contributed by atoms with Gasteiger partial charge < -0.3 is 14.5 Å². The SMILES string of the molecule is Cc1noc(C)c1C(=NO)c1ccc(OC(F)(F)F)cc1.